The number of thiazole rings is 1. The van der Waals surface area contributed by atoms with Crippen LogP contribution >= 0.6 is 11.3 Å². The Bertz CT molecular complexity index is 783. The van der Waals surface area contributed by atoms with Gasteiger partial charge in [0.05, 0.1) is 12.2 Å². The highest BCUT2D eigenvalue weighted by atomic mass is 32.1. The summed E-state index contributed by atoms with van der Waals surface area (Å²) in [5, 5.41) is 2.14. The zero-order valence-corrected chi connectivity index (χ0v) is 15.3. The van der Waals surface area contributed by atoms with Gasteiger partial charge in [-0.05, 0) is 38.1 Å². The molecule has 2 atom stereocenters. The Morgan fingerprint density at radius 1 is 1.27 bits per heavy atom. The number of hydrogen-bond acceptors (Lipinski definition) is 6. The van der Waals surface area contributed by atoms with E-state index in [4.69, 9.17) is 9.47 Å². The molecule has 1 saturated heterocycles. The van der Waals surface area contributed by atoms with Crippen molar-refractivity contribution in [2.24, 2.45) is 0 Å². The molecule has 26 heavy (non-hydrogen) atoms. The van der Waals surface area contributed by atoms with Gasteiger partial charge < -0.3 is 14.4 Å². The second-order valence-corrected chi connectivity index (χ2v) is 7.04. The predicted molar refractivity (Wildman–Crippen MR) is 94.4 cm³/mol. The lowest BCUT2D eigenvalue weighted by atomic mass is 10.2. The summed E-state index contributed by atoms with van der Waals surface area (Å²) in [6.07, 6.45) is -0.0922. The molecule has 1 fully saturated rings. The zero-order chi connectivity index (χ0) is 18.7. The van der Waals surface area contributed by atoms with Crippen molar-refractivity contribution in [1.29, 1.82) is 0 Å². The van der Waals surface area contributed by atoms with Crippen molar-refractivity contribution in [3.8, 4) is 10.6 Å². The van der Waals surface area contributed by atoms with E-state index in [9.17, 15) is 14.0 Å². The van der Waals surface area contributed by atoms with E-state index in [0.717, 1.165) is 0 Å². The van der Waals surface area contributed by atoms with Crippen molar-refractivity contribution in [2.75, 3.05) is 19.7 Å². The van der Waals surface area contributed by atoms with Crippen molar-refractivity contribution in [3.05, 3.63) is 41.2 Å². The van der Waals surface area contributed by atoms with Gasteiger partial charge in [-0.15, -0.1) is 11.3 Å². The first-order valence-corrected chi connectivity index (χ1v) is 9.12. The largest absolute Gasteiger partial charge is 0.451 e. The predicted octanol–water partition coefficient (Wildman–Crippen LogP) is 2.74. The summed E-state index contributed by atoms with van der Waals surface area (Å²) in [6, 6.07) is 5.84. The van der Waals surface area contributed by atoms with Crippen LogP contribution in [-0.4, -0.2) is 53.7 Å². The van der Waals surface area contributed by atoms with Crippen molar-refractivity contribution in [2.45, 2.75) is 26.1 Å². The lowest BCUT2D eigenvalue weighted by Crippen LogP contribution is -2.49. The molecule has 1 aliphatic rings. The van der Waals surface area contributed by atoms with Crippen LogP contribution in [0.2, 0.25) is 0 Å². The van der Waals surface area contributed by atoms with E-state index >= 15 is 0 Å². The standard InChI is InChI=1S/C18H19FN2O4S/c1-11-7-21(8-12(2)25-11)16(22)9-24-18(23)15-10-26-17(20-15)13-3-5-14(19)6-4-13/h3-6,10-12H,7-9H2,1-2H3/t11-,12-/m1/s1. The zero-order valence-electron chi connectivity index (χ0n) is 14.5. The third-order valence-corrected chi connectivity index (χ3v) is 4.79. The van der Waals surface area contributed by atoms with Gasteiger partial charge in [0.1, 0.15) is 10.8 Å². The Hall–Kier alpha value is -2.32. The van der Waals surface area contributed by atoms with Crippen LogP contribution in [0.4, 0.5) is 4.39 Å². The van der Waals surface area contributed by atoms with Gasteiger partial charge in [0.15, 0.2) is 12.3 Å². The van der Waals surface area contributed by atoms with E-state index in [0.29, 0.717) is 23.7 Å². The van der Waals surface area contributed by atoms with Crippen LogP contribution in [-0.2, 0) is 14.3 Å². The number of benzene rings is 1. The van der Waals surface area contributed by atoms with Gasteiger partial charge >= 0.3 is 5.97 Å². The molecule has 0 bridgehead atoms. The van der Waals surface area contributed by atoms with Crippen LogP contribution < -0.4 is 0 Å². The van der Waals surface area contributed by atoms with Crippen LogP contribution in [0.3, 0.4) is 0 Å². The van der Waals surface area contributed by atoms with E-state index in [1.54, 1.807) is 22.4 Å². The Morgan fingerprint density at radius 2 is 1.92 bits per heavy atom. The SMILES string of the molecule is C[C@@H]1CN(C(=O)COC(=O)c2csc(-c3ccc(F)cc3)n2)C[C@@H](C)O1. The summed E-state index contributed by atoms with van der Waals surface area (Å²) in [7, 11) is 0. The summed E-state index contributed by atoms with van der Waals surface area (Å²) < 4.78 is 23.7. The van der Waals surface area contributed by atoms with Crippen LogP contribution in [0.1, 0.15) is 24.3 Å². The number of halogens is 1. The van der Waals surface area contributed by atoms with E-state index in [-0.39, 0.29) is 36.2 Å². The van der Waals surface area contributed by atoms with Gasteiger partial charge in [-0.2, -0.15) is 0 Å². The summed E-state index contributed by atoms with van der Waals surface area (Å²) in [6.45, 7) is 4.42. The molecule has 2 aromatic rings. The number of rotatable bonds is 4. The van der Waals surface area contributed by atoms with Crippen molar-refractivity contribution in [1.82, 2.24) is 9.88 Å². The first kappa shape index (κ1) is 18.5. The molecule has 6 nitrogen and oxygen atoms in total. The molecular weight excluding hydrogens is 359 g/mol. The molecule has 3 rings (SSSR count). The van der Waals surface area contributed by atoms with Crippen LogP contribution in [0, 0.1) is 5.82 Å². The lowest BCUT2D eigenvalue weighted by Gasteiger charge is -2.35. The second-order valence-electron chi connectivity index (χ2n) is 6.18. The Morgan fingerprint density at radius 3 is 2.58 bits per heavy atom. The number of ether oxygens (including phenoxy) is 2. The van der Waals surface area contributed by atoms with E-state index < -0.39 is 5.97 Å². The molecule has 0 aliphatic carbocycles. The molecule has 0 saturated carbocycles. The number of nitrogens with zero attached hydrogens (tertiary/aromatic N) is 2. The molecule has 1 amide bonds. The third-order valence-electron chi connectivity index (χ3n) is 3.90. The monoisotopic (exact) mass is 378 g/mol. The van der Waals surface area contributed by atoms with Crippen molar-refractivity contribution in [3.63, 3.8) is 0 Å². The summed E-state index contributed by atoms with van der Waals surface area (Å²) in [5.41, 5.74) is 0.841. The topological polar surface area (TPSA) is 68.7 Å². The Balaban J connectivity index is 1.57. The molecule has 1 aromatic heterocycles. The molecule has 0 unspecified atom stereocenters. The van der Waals surface area contributed by atoms with Crippen LogP contribution in [0.5, 0.6) is 0 Å². The second kappa shape index (κ2) is 7.92. The van der Waals surface area contributed by atoms with Gasteiger partial charge in [0.2, 0.25) is 0 Å². The minimum Gasteiger partial charge on any atom is -0.451 e. The average molecular weight is 378 g/mol. The van der Waals surface area contributed by atoms with Gasteiger partial charge in [-0.25, -0.2) is 14.2 Å². The van der Waals surface area contributed by atoms with Gasteiger partial charge in [-0.1, -0.05) is 0 Å². The first-order valence-electron chi connectivity index (χ1n) is 8.24. The maximum absolute atomic E-state index is 13.0. The summed E-state index contributed by atoms with van der Waals surface area (Å²) >= 11 is 1.25. The maximum atomic E-state index is 13.0. The van der Waals surface area contributed by atoms with Crippen LogP contribution in [0.25, 0.3) is 10.6 Å². The Kier molecular flexibility index (Phi) is 5.63. The van der Waals surface area contributed by atoms with E-state index in [2.05, 4.69) is 4.98 Å². The number of carbonyl (C=O) groups is 2. The van der Waals surface area contributed by atoms with Crippen LogP contribution in [0.15, 0.2) is 29.6 Å². The third kappa shape index (κ3) is 4.44. The molecular formula is C18H19FN2O4S. The quantitative estimate of drug-likeness (QED) is 0.766. The average Bonchev–Trinajstić information content (AvgIpc) is 3.09. The van der Waals surface area contributed by atoms with Crippen molar-refractivity contribution < 1.29 is 23.5 Å². The van der Waals surface area contributed by atoms with Gasteiger partial charge in [0, 0.05) is 24.0 Å². The normalized spacial score (nSPS) is 20.0. The molecule has 0 N–H and O–H groups in total. The molecule has 0 spiro atoms. The van der Waals surface area contributed by atoms with Gasteiger partial charge in [-0.3, -0.25) is 4.79 Å². The number of aromatic nitrogens is 1. The number of carbonyl (C=O) groups excluding carboxylic acids is 2. The smallest absolute Gasteiger partial charge is 0.358 e. The first-order chi connectivity index (χ1) is 12.4. The molecule has 1 aliphatic heterocycles. The Labute approximate surface area is 154 Å². The molecule has 1 aromatic carbocycles. The highest BCUT2D eigenvalue weighted by Crippen LogP contribution is 2.24. The number of esters is 1. The fourth-order valence-corrected chi connectivity index (χ4v) is 3.56. The van der Waals surface area contributed by atoms with Gasteiger partial charge in [0.25, 0.3) is 5.91 Å². The molecule has 0 radical (unpaired) electrons. The fourth-order valence-electron chi connectivity index (χ4n) is 2.77. The van der Waals surface area contributed by atoms with Crippen molar-refractivity contribution >= 4 is 23.2 Å². The molecule has 138 valence electrons. The molecule has 8 heteroatoms. The van der Waals surface area contributed by atoms with E-state index in [1.165, 1.54) is 23.5 Å². The number of amides is 1. The van der Waals surface area contributed by atoms with E-state index in [1.807, 2.05) is 13.8 Å². The minimum atomic E-state index is -0.655. The highest BCUT2D eigenvalue weighted by Gasteiger charge is 2.26. The lowest BCUT2D eigenvalue weighted by molar-refractivity contribution is -0.146. The highest BCUT2D eigenvalue weighted by molar-refractivity contribution is 7.13. The maximum Gasteiger partial charge on any atom is 0.358 e. The number of morpholine rings is 1. The minimum absolute atomic E-state index is 0.0461. The summed E-state index contributed by atoms with van der Waals surface area (Å²) in [5.74, 6) is -1.25. The fraction of sp³-hybridized carbons (Fsp3) is 0.389. The number of hydrogen-bond donors (Lipinski definition) is 0. The summed E-state index contributed by atoms with van der Waals surface area (Å²) in [4.78, 5) is 30.2. The molecule has 2 heterocycles.